The molecule has 3 heterocycles. The number of halogens is 1. The van der Waals surface area contributed by atoms with Crippen molar-refractivity contribution >= 4 is 40.6 Å². The van der Waals surface area contributed by atoms with Crippen molar-refractivity contribution in [2.75, 3.05) is 12.0 Å². The largest absolute Gasteiger partial charge is 0.493 e. The van der Waals surface area contributed by atoms with Gasteiger partial charge in [0.15, 0.2) is 11.5 Å². The number of carbonyl (C=O) groups is 2. The highest BCUT2D eigenvalue weighted by atomic mass is 32.2. The maximum Gasteiger partial charge on any atom is 0.305 e. The Balaban J connectivity index is 1.14. The highest BCUT2D eigenvalue weighted by Gasteiger charge is 2.69. The van der Waals surface area contributed by atoms with Crippen molar-refractivity contribution in [1.29, 1.82) is 0 Å². The van der Waals surface area contributed by atoms with Crippen molar-refractivity contribution in [3.05, 3.63) is 104 Å². The van der Waals surface area contributed by atoms with E-state index in [0.717, 1.165) is 27.5 Å². The number of imide groups is 1. The van der Waals surface area contributed by atoms with Gasteiger partial charge in [0.25, 0.3) is 0 Å². The fourth-order valence-electron chi connectivity index (χ4n) is 8.08. The highest BCUT2D eigenvalue weighted by molar-refractivity contribution is 8.00. The van der Waals surface area contributed by atoms with Gasteiger partial charge in [-0.15, -0.1) is 11.8 Å². The number of nitrogens with zero attached hydrogens (tertiary/aromatic N) is 1. The summed E-state index contributed by atoms with van der Waals surface area (Å²) in [4.78, 5) is 45.5. The van der Waals surface area contributed by atoms with Crippen LogP contribution in [0.1, 0.15) is 33.9 Å². The lowest BCUT2D eigenvalue weighted by molar-refractivity contribution is -0.123. The topological polar surface area (TPSA) is 88.7 Å². The molecule has 224 valence electrons. The van der Waals surface area contributed by atoms with Crippen LogP contribution in [-0.2, 0) is 16.2 Å². The smallest absolute Gasteiger partial charge is 0.305 e. The van der Waals surface area contributed by atoms with Gasteiger partial charge in [0, 0.05) is 16.0 Å². The number of benzene rings is 3. The van der Waals surface area contributed by atoms with Crippen LogP contribution in [0.25, 0.3) is 0 Å². The molecule has 2 amide bonds. The van der Waals surface area contributed by atoms with Gasteiger partial charge in [0.2, 0.25) is 11.8 Å². The van der Waals surface area contributed by atoms with E-state index in [-0.39, 0.29) is 45.6 Å². The van der Waals surface area contributed by atoms with Crippen LogP contribution in [0, 0.1) is 42.3 Å². The number of thioether (sulfide) groups is 1. The summed E-state index contributed by atoms with van der Waals surface area (Å²) < 4.78 is 25.6. The maximum absolute atomic E-state index is 13.9. The van der Waals surface area contributed by atoms with E-state index in [9.17, 15) is 18.8 Å². The summed E-state index contributed by atoms with van der Waals surface area (Å²) >= 11 is 2.87. The van der Waals surface area contributed by atoms with Crippen molar-refractivity contribution in [2.45, 2.75) is 36.1 Å². The first-order chi connectivity index (χ1) is 21.3. The molecule has 2 aliphatic heterocycles. The third-order valence-electron chi connectivity index (χ3n) is 9.87. The molecule has 4 aliphatic rings. The summed E-state index contributed by atoms with van der Waals surface area (Å²) in [6, 6.07) is 19.7. The SMILES string of the molecule is COc1cc([C@H]2c3sc(=O)[nH]c3SC3C4CC(C5C(=O)N(c6ccc(F)cc6)C(=O)C45)C32)ccc1OCc1ccc(C)cc1. The lowest BCUT2D eigenvalue weighted by Crippen LogP contribution is -2.42. The number of H-pyrrole nitrogens is 1. The predicted molar refractivity (Wildman–Crippen MR) is 166 cm³/mol. The zero-order chi connectivity index (χ0) is 30.3. The van der Waals surface area contributed by atoms with Gasteiger partial charge < -0.3 is 14.5 Å². The molecular weight excluding hydrogens is 600 g/mol. The van der Waals surface area contributed by atoms with Crippen LogP contribution in [0.2, 0.25) is 0 Å². The number of aromatic amines is 1. The molecule has 1 N–H and O–H groups in total. The van der Waals surface area contributed by atoms with Crippen LogP contribution in [0.5, 0.6) is 11.5 Å². The maximum atomic E-state index is 13.9. The average Bonchev–Trinajstić information content (AvgIpc) is 3.76. The van der Waals surface area contributed by atoms with E-state index in [4.69, 9.17) is 9.47 Å². The fourth-order valence-corrected chi connectivity index (χ4v) is 11.0. The number of ether oxygens (including phenoxy) is 2. The minimum absolute atomic E-state index is 0.0000355. The second-order valence-corrected chi connectivity index (χ2v) is 14.3. The Labute approximate surface area is 261 Å². The Morgan fingerprint density at radius 3 is 2.39 bits per heavy atom. The number of hydrogen-bond acceptors (Lipinski definition) is 7. The standard InChI is InChI=1S/C34H29FN2O5S2/c1-16-3-5-17(6-4-16)15-42-23-12-7-18(13-24(23)41-2)25-26-21-14-22(29(26)43-31-30(25)44-34(40)36-31)28-27(21)32(38)37(33(28)39)20-10-8-19(35)9-11-20/h3-13,21-22,25-29H,14-15H2,1-2H3,(H,36,40)/t21?,22?,25-,26?,27?,28?,29?/m1/s1. The van der Waals surface area contributed by atoms with Crippen LogP contribution in [0.3, 0.4) is 0 Å². The van der Waals surface area contributed by atoms with Gasteiger partial charge in [0.1, 0.15) is 12.4 Å². The second-order valence-electron chi connectivity index (χ2n) is 12.1. The van der Waals surface area contributed by atoms with Crippen molar-refractivity contribution in [3.8, 4) is 11.5 Å². The molecule has 1 saturated heterocycles. The van der Waals surface area contributed by atoms with Gasteiger partial charge in [-0.3, -0.25) is 19.3 Å². The van der Waals surface area contributed by atoms with Crippen LogP contribution >= 0.6 is 23.1 Å². The molecule has 2 saturated carbocycles. The molecule has 7 nitrogen and oxygen atoms in total. The van der Waals surface area contributed by atoms with Crippen LogP contribution in [0.4, 0.5) is 10.1 Å². The Morgan fingerprint density at radius 2 is 1.66 bits per heavy atom. The fraction of sp³-hybridized carbons (Fsp3) is 0.324. The van der Waals surface area contributed by atoms with Gasteiger partial charge in [-0.2, -0.15) is 0 Å². The van der Waals surface area contributed by atoms with E-state index in [2.05, 4.69) is 17.1 Å². The van der Waals surface area contributed by atoms with Crippen LogP contribution in [0.15, 0.2) is 76.6 Å². The van der Waals surface area contributed by atoms with Gasteiger partial charge in [-0.05, 0) is 78.6 Å². The van der Waals surface area contributed by atoms with Gasteiger partial charge in [-0.25, -0.2) is 4.39 Å². The summed E-state index contributed by atoms with van der Waals surface area (Å²) in [5.74, 6) is -0.543. The molecule has 44 heavy (non-hydrogen) atoms. The zero-order valence-electron chi connectivity index (χ0n) is 24.0. The molecule has 8 rings (SSSR count). The molecule has 7 atom stereocenters. The molecule has 2 aliphatic carbocycles. The van der Waals surface area contributed by atoms with Gasteiger partial charge in [-0.1, -0.05) is 47.2 Å². The van der Waals surface area contributed by atoms with Crippen molar-refractivity contribution in [1.82, 2.24) is 4.98 Å². The van der Waals surface area contributed by atoms with E-state index in [0.29, 0.717) is 23.8 Å². The number of thiazole rings is 1. The molecule has 6 unspecified atom stereocenters. The molecule has 3 fully saturated rings. The normalized spacial score (nSPS) is 28.2. The number of methoxy groups -OCH3 is 1. The predicted octanol–water partition coefficient (Wildman–Crippen LogP) is 6.15. The van der Waals surface area contributed by atoms with Crippen LogP contribution < -0.4 is 19.2 Å². The summed E-state index contributed by atoms with van der Waals surface area (Å²) in [6.45, 7) is 2.45. The van der Waals surface area contributed by atoms with Gasteiger partial charge in [0.05, 0.1) is 29.7 Å². The molecule has 0 radical (unpaired) electrons. The number of carbonyl (C=O) groups excluding carboxylic acids is 2. The van der Waals surface area contributed by atoms with E-state index >= 15 is 0 Å². The molecule has 2 bridgehead atoms. The third-order valence-corrected chi connectivity index (χ3v) is 12.5. The minimum atomic E-state index is -0.432. The highest BCUT2D eigenvalue weighted by Crippen LogP contribution is 2.68. The first-order valence-corrected chi connectivity index (χ1v) is 16.4. The van der Waals surface area contributed by atoms with Crippen molar-refractivity contribution in [3.63, 3.8) is 0 Å². The summed E-state index contributed by atoms with van der Waals surface area (Å²) in [6.07, 6.45) is 0.789. The molecule has 4 aromatic rings. The Hall–Kier alpha value is -3.89. The Morgan fingerprint density at radius 1 is 0.932 bits per heavy atom. The summed E-state index contributed by atoms with van der Waals surface area (Å²) in [5, 5.41) is 0.915. The Kier molecular flexibility index (Phi) is 6.50. The number of aromatic nitrogens is 1. The lowest BCUT2D eigenvalue weighted by Gasteiger charge is -2.43. The molecule has 0 spiro atoms. The average molecular weight is 629 g/mol. The minimum Gasteiger partial charge on any atom is -0.493 e. The number of aryl methyl sites for hydroxylation is 1. The number of fused-ring (bicyclic) bond motifs is 9. The first kappa shape index (κ1) is 27.6. The molecule has 3 aromatic carbocycles. The monoisotopic (exact) mass is 628 g/mol. The van der Waals surface area contributed by atoms with Gasteiger partial charge >= 0.3 is 4.87 Å². The lowest BCUT2D eigenvalue weighted by atomic mass is 9.68. The quantitative estimate of drug-likeness (QED) is 0.258. The molecular formula is C34H29FN2O5S2. The van der Waals surface area contributed by atoms with Crippen LogP contribution in [-0.4, -0.2) is 29.2 Å². The summed E-state index contributed by atoms with van der Waals surface area (Å²) in [5.41, 5.74) is 3.65. The van der Waals surface area contributed by atoms with E-state index in [1.54, 1.807) is 18.9 Å². The number of nitrogens with one attached hydrogen (secondary N) is 1. The number of rotatable bonds is 6. The number of anilines is 1. The van der Waals surface area contributed by atoms with E-state index in [1.165, 1.54) is 46.1 Å². The molecule has 10 heteroatoms. The van der Waals surface area contributed by atoms with Crippen molar-refractivity contribution in [2.24, 2.45) is 29.6 Å². The molecule has 1 aromatic heterocycles. The van der Waals surface area contributed by atoms with Crippen molar-refractivity contribution < 1.29 is 23.5 Å². The first-order valence-electron chi connectivity index (χ1n) is 14.7. The third kappa shape index (κ3) is 4.18. The Bertz CT molecular complexity index is 1850. The summed E-state index contributed by atoms with van der Waals surface area (Å²) in [7, 11) is 1.62. The second kappa shape index (κ2) is 10.3. The number of amides is 2. The van der Waals surface area contributed by atoms with E-state index < -0.39 is 17.7 Å². The zero-order valence-corrected chi connectivity index (χ0v) is 25.6. The van der Waals surface area contributed by atoms with E-state index in [1.807, 2.05) is 37.3 Å². The number of hydrogen-bond donors (Lipinski definition) is 1.